The number of aromatic nitrogens is 1. The molecule has 0 saturated carbocycles. The van der Waals surface area contributed by atoms with E-state index in [2.05, 4.69) is 22.1 Å². The molecule has 1 saturated heterocycles. The van der Waals surface area contributed by atoms with Crippen molar-refractivity contribution in [2.75, 3.05) is 25.0 Å². The number of nitrogens with zero attached hydrogens (tertiary/aromatic N) is 2. The maximum Gasteiger partial charge on any atom is 0.245 e. The van der Waals surface area contributed by atoms with Crippen LogP contribution in [0.2, 0.25) is 0 Å². The predicted octanol–water partition coefficient (Wildman–Crippen LogP) is 0.0478. The second-order valence-electron chi connectivity index (χ2n) is 3.96. The number of nitrogens with one attached hydrogen (secondary N) is 1. The standard InChI is InChI=1S/C12H13N3O3S/c16-6-2-3-9-7-13-12(19-9)14-10(17)8-15-5-1-4-11(15)18/h7,16H,1,4-6,8H2,(H,13,14,17). The Labute approximate surface area is 114 Å². The number of thiazole rings is 1. The van der Waals surface area contributed by atoms with Crippen LogP contribution in [0.3, 0.4) is 0 Å². The molecule has 0 aromatic carbocycles. The van der Waals surface area contributed by atoms with Gasteiger partial charge in [-0.1, -0.05) is 23.2 Å². The Balaban J connectivity index is 1.88. The first-order valence-electron chi connectivity index (χ1n) is 5.82. The van der Waals surface area contributed by atoms with Gasteiger partial charge >= 0.3 is 0 Å². The number of hydrogen-bond acceptors (Lipinski definition) is 5. The molecule has 1 aliphatic heterocycles. The van der Waals surface area contributed by atoms with Gasteiger partial charge in [-0.3, -0.25) is 9.59 Å². The van der Waals surface area contributed by atoms with E-state index in [4.69, 9.17) is 5.11 Å². The number of anilines is 1. The second-order valence-corrected chi connectivity index (χ2v) is 4.99. The Morgan fingerprint density at radius 3 is 3.16 bits per heavy atom. The highest BCUT2D eigenvalue weighted by Gasteiger charge is 2.22. The largest absolute Gasteiger partial charge is 0.384 e. The number of carbonyl (C=O) groups excluding carboxylic acids is 2. The molecule has 1 fully saturated rings. The van der Waals surface area contributed by atoms with Gasteiger partial charge in [0.05, 0.1) is 17.6 Å². The third-order valence-electron chi connectivity index (χ3n) is 2.55. The molecule has 2 N–H and O–H groups in total. The van der Waals surface area contributed by atoms with Crippen LogP contribution in [0.1, 0.15) is 17.7 Å². The lowest BCUT2D eigenvalue weighted by Crippen LogP contribution is -2.33. The molecule has 0 bridgehead atoms. The summed E-state index contributed by atoms with van der Waals surface area (Å²) >= 11 is 1.23. The van der Waals surface area contributed by atoms with Crippen LogP contribution in [0.5, 0.6) is 0 Å². The second kappa shape index (κ2) is 6.31. The molecule has 7 heteroatoms. The summed E-state index contributed by atoms with van der Waals surface area (Å²) in [7, 11) is 0. The molecule has 6 nitrogen and oxygen atoms in total. The molecular formula is C12H13N3O3S. The number of aliphatic hydroxyl groups is 1. The van der Waals surface area contributed by atoms with Gasteiger partial charge in [0, 0.05) is 13.0 Å². The van der Waals surface area contributed by atoms with Gasteiger partial charge in [0.25, 0.3) is 0 Å². The van der Waals surface area contributed by atoms with Crippen LogP contribution >= 0.6 is 11.3 Å². The third kappa shape index (κ3) is 3.77. The average Bonchev–Trinajstić information content (AvgIpc) is 2.97. The summed E-state index contributed by atoms with van der Waals surface area (Å²) in [5, 5.41) is 11.6. The van der Waals surface area contributed by atoms with E-state index in [0.717, 1.165) is 6.42 Å². The van der Waals surface area contributed by atoms with E-state index in [1.807, 2.05) is 0 Å². The Morgan fingerprint density at radius 1 is 1.63 bits per heavy atom. The normalized spacial score (nSPS) is 14.2. The van der Waals surface area contributed by atoms with E-state index in [-0.39, 0.29) is 25.0 Å². The van der Waals surface area contributed by atoms with E-state index in [1.165, 1.54) is 22.4 Å². The smallest absolute Gasteiger partial charge is 0.245 e. The molecule has 1 aromatic rings. The van der Waals surface area contributed by atoms with Crippen LogP contribution in [0.25, 0.3) is 0 Å². The van der Waals surface area contributed by atoms with Crippen LogP contribution in [0.4, 0.5) is 5.13 Å². The minimum absolute atomic E-state index is 0.0174. The quantitative estimate of drug-likeness (QED) is 0.766. The number of likely N-dealkylation sites (tertiary alicyclic amines) is 1. The lowest BCUT2D eigenvalue weighted by Gasteiger charge is -2.13. The Kier molecular flexibility index (Phi) is 4.49. The van der Waals surface area contributed by atoms with Gasteiger partial charge in [-0.2, -0.15) is 0 Å². The van der Waals surface area contributed by atoms with E-state index >= 15 is 0 Å². The fourth-order valence-corrected chi connectivity index (χ4v) is 2.43. The molecular weight excluding hydrogens is 266 g/mol. The zero-order chi connectivity index (χ0) is 13.7. The summed E-state index contributed by atoms with van der Waals surface area (Å²) in [5.41, 5.74) is 0. The van der Waals surface area contributed by atoms with Gasteiger partial charge in [-0.25, -0.2) is 4.98 Å². The maximum absolute atomic E-state index is 11.7. The molecule has 2 heterocycles. The van der Waals surface area contributed by atoms with Gasteiger partial charge in [0.2, 0.25) is 11.8 Å². The number of aliphatic hydroxyl groups excluding tert-OH is 1. The molecule has 0 unspecified atom stereocenters. The van der Waals surface area contributed by atoms with Gasteiger partial charge in [-0.05, 0) is 6.42 Å². The molecule has 1 aromatic heterocycles. The third-order valence-corrected chi connectivity index (χ3v) is 3.38. The first kappa shape index (κ1) is 13.5. The van der Waals surface area contributed by atoms with Crippen molar-refractivity contribution in [1.82, 2.24) is 9.88 Å². The summed E-state index contributed by atoms with van der Waals surface area (Å²) in [6, 6.07) is 0. The maximum atomic E-state index is 11.7. The molecule has 19 heavy (non-hydrogen) atoms. The zero-order valence-corrected chi connectivity index (χ0v) is 11.0. The van der Waals surface area contributed by atoms with Gasteiger partial charge < -0.3 is 15.3 Å². The van der Waals surface area contributed by atoms with Crippen LogP contribution < -0.4 is 5.32 Å². The average molecular weight is 279 g/mol. The summed E-state index contributed by atoms with van der Waals surface area (Å²) in [5.74, 6) is 4.97. The molecule has 2 amide bonds. The first-order valence-corrected chi connectivity index (χ1v) is 6.64. The summed E-state index contributed by atoms with van der Waals surface area (Å²) in [4.78, 5) is 29.3. The summed E-state index contributed by atoms with van der Waals surface area (Å²) in [6.45, 7) is 0.490. The Hall–Kier alpha value is -1.91. The topological polar surface area (TPSA) is 82.5 Å². The predicted molar refractivity (Wildman–Crippen MR) is 70.5 cm³/mol. The van der Waals surface area contributed by atoms with Crippen LogP contribution in [-0.2, 0) is 9.59 Å². The Bertz CT molecular complexity index is 544. The van der Waals surface area contributed by atoms with Gasteiger partial charge in [-0.15, -0.1) is 0 Å². The highest BCUT2D eigenvalue weighted by atomic mass is 32.1. The molecule has 0 aliphatic carbocycles. The van der Waals surface area contributed by atoms with Crippen molar-refractivity contribution in [3.05, 3.63) is 11.1 Å². The minimum atomic E-state index is -0.258. The fourth-order valence-electron chi connectivity index (χ4n) is 1.72. The van der Waals surface area contributed by atoms with Crippen LogP contribution in [0, 0.1) is 11.8 Å². The van der Waals surface area contributed by atoms with Crippen LogP contribution in [0.15, 0.2) is 6.20 Å². The fraction of sp³-hybridized carbons (Fsp3) is 0.417. The number of amides is 2. The van der Waals surface area contributed by atoms with Gasteiger partial charge in [0.15, 0.2) is 5.13 Å². The SMILES string of the molecule is O=C(CN1CCCC1=O)Nc1ncc(C#CCO)s1. The lowest BCUT2D eigenvalue weighted by molar-refractivity contribution is -0.131. The summed E-state index contributed by atoms with van der Waals surface area (Å²) in [6.07, 6.45) is 2.86. The van der Waals surface area contributed by atoms with Crippen molar-refractivity contribution in [1.29, 1.82) is 0 Å². The van der Waals surface area contributed by atoms with Crippen molar-refractivity contribution in [2.24, 2.45) is 0 Å². The molecule has 100 valence electrons. The molecule has 0 spiro atoms. The van der Waals surface area contributed by atoms with Crippen molar-refractivity contribution in [3.8, 4) is 11.8 Å². The van der Waals surface area contributed by atoms with E-state index in [0.29, 0.717) is 23.0 Å². The molecule has 1 aliphatic rings. The van der Waals surface area contributed by atoms with Crippen molar-refractivity contribution in [3.63, 3.8) is 0 Å². The molecule has 0 radical (unpaired) electrons. The monoisotopic (exact) mass is 279 g/mol. The van der Waals surface area contributed by atoms with E-state index in [9.17, 15) is 9.59 Å². The van der Waals surface area contributed by atoms with Crippen LogP contribution in [-0.4, -0.2) is 46.5 Å². The molecule has 0 atom stereocenters. The first-order chi connectivity index (χ1) is 9.19. The minimum Gasteiger partial charge on any atom is -0.384 e. The van der Waals surface area contributed by atoms with E-state index < -0.39 is 0 Å². The number of carbonyl (C=O) groups is 2. The number of hydrogen-bond donors (Lipinski definition) is 2. The highest BCUT2D eigenvalue weighted by molar-refractivity contribution is 7.16. The molecule has 2 rings (SSSR count). The van der Waals surface area contributed by atoms with Crippen molar-refractivity contribution in [2.45, 2.75) is 12.8 Å². The highest BCUT2D eigenvalue weighted by Crippen LogP contribution is 2.17. The number of rotatable bonds is 3. The van der Waals surface area contributed by atoms with Gasteiger partial charge in [0.1, 0.15) is 6.61 Å². The van der Waals surface area contributed by atoms with Crippen molar-refractivity contribution < 1.29 is 14.7 Å². The summed E-state index contributed by atoms with van der Waals surface area (Å²) < 4.78 is 0. The Morgan fingerprint density at radius 2 is 2.47 bits per heavy atom. The zero-order valence-electron chi connectivity index (χ0n) is 10.2. The lowest BCUT2D eigenvalue weighted by atomic mass is 10.4. The van der Waals surface area contributed by atoms with Crippen molar-refractivity contribution >= 4 is 28.3 Å². The van der Waals surface area contributed by atoms with E-state index in [1.54, 1.807) is 0 Å².